The number of nitrogens with zero attached hydrogens (tertiary/aromatic N) is 3. The highest BCUT2D eigenvalue weighted by Gasteiger charge is 2.49. The molecule has 0 radical (unpaired) electrons. The summed E-state index contributed by atoms with van der Waals surface area (Å²) in [6.45, 7) is 3.96. The van der Waals surface area contributed by atoms with Gasteiger partial charge >= 0.3 is 0 Å². The molecule has 1 aromatic carbocycles. The summed E-state index contributed by atoms with van der Waals surface area (Å²) < 4.78 is 12.0. The summed E-state index contributed by atoms with van der Waals surface area (Å²) in [6, 6.07) is 8.03. The van der Waals surface area contributed by atoms with Gasteiger partial charge in [0.05, 0.1) is 32.3 Å². The van der Waals surface area contributed by atoms with Crippen LogP contribution in [0.3, 0.4) is 0 Å². The molecule has 2 fully saturated rings. The van der Waals surface area contributed by atoms with Crippen molar-refractivity contribution < 1.29 is 14.3 Å². The Kier molecular flexibility index (Phi) is 4.59. The molecule has 0 bridgehead atoms. The summed E-state index contributed by atoms with van der Waals surface area (Å²) >= 11 is 0. The Balaban J connectivity index is 1.32. The molecule has 2 aliphatic heterocycles. The lowest BCUT2D eigenvalue weighted by Crippen LogP contribution is -2.67. The minimum absolute atomic E-state index is 0.0501. The van der Waals surface area contributed by atoms with Gasteiger partial charge in [0.1, 0.15) is 11.7 Å². The second kappa shape index (κ2) is 7.03. The Morgan fingerprint density at radius 2 is 2.19 bits per heavy atom. The van der Waals surface area contributed by atoms with Crippen LogP contribution in [0, 0.1) is 6.92 Å². The summed E-state index contributed by atoms with van der Waals surface area (Å²) in [7, 11) is 0. The largest absolute Gasteiger partial charge is 0.473 e. The van der Waals surface area contributed by atoms with Crippen LogP contribution in [0.5, 0.6) is 5.88 Å². The zero-order valence-electron chi connectivity index (χ0n) is 14.9. The van der Waals surface area contributed by atoms with Gasteiger partial charge in [-0.1, -0.05) is 24.3 Å². The maximum Gasteiger partial charge on any atom is 0.232 e. The lowest BCUT2D eigenvalue weighted by molar-refractivity contribution is -0.193. The van der Waals surface area contributed by atoms with Crippen molar-refractivity contribution in [3.05, 3.63) is 54.0 Å². The summed E-state index contributed by atoms with van der Waals surface area (Å²) in [5.41, 5.74) is 1.97. The molecular weight excluding hydrogens is 330 g/mol. The molecule has 2 saturated heterocycles. The highest BCUT2D eigenvalue weighted by Crippen LogP contribution is 2.35. The average molecular weight is 353 g/mol. The molecule has 3 heterocycles. The summed E-state index contributed by atoms with van der Waals surface area (Å²) in [4.78, 5) is 22.7. The Hall–Kier alpha value is -2.47. The minimum Gasteiger partial charge on any atom is -0.473 e. The van der Waals surface area contributed by atoms with E-state index in [2.05, 4.69) is 9.97 Å². The molecule has 0 aliphatic carbocycles. The van der Waals surface area contributed by atoms with Gasteiger partial charge in [-0.2, -0.15) is 0 Å². The van der Waals surface area contributed by atoms with E-state index in [-0.39, 0.29) is 17.6 Å². The summed E-state index contributed by atoms with van der Waals surface area (Å²) in [5.74, 6) is 0.701. The van der Waals surface area contributed by atoms with E-state index in [1.807, 2.05) is 36.1 Å². The number of aromatic nitrogens is 2. The molecule has 6 heteroatoms. The molecule has 0 N–H and O–H groups in total. The second-order valence-corrected chi connectivity index (χ2v) is 7.16. The predicted molar refractivity (Wildman–Crippen MR) is 95.8 cm³/mol. The van der Waals surface area contributed by atoms with Gasteiger partial charge in [-0.25, -0.2) is 4.98 Å². The van der Waals surface area contributed by atoms with Crippen molar-refractivity contribution in [1.29, 1.82) is 0 Å². The predicted octanol–water partition coefficient (Wildman–Crippen LogP) is 2.17. The SMILES string of the molecule is Cc1ccccc1CC(=O)N1CC2(C[C@@H](Oc3cnccn3)CCO2)C1. The second-order valence-electron chi connectivity index (χ2n) is 7.16. The van der Waals surface area contributed by atoms with Crippen LogP contribution in [0.4, 0.5) is 0 Å². The number of carbonyl (C=O) groups is 1. The highest BCUT2D eigenvalue weighted by molar-refractivity contribution is 5.80. The third-order valence-electron chi connectivity index (χ3n) is 5.19. The van der Waals surface area contributed by atoms with Gasteiger partial charge in [0.25, 0.3) is 0 Å². The highest BCUT2D eigenvalue weighted by atomic mass is 16.5. The van der Waals surface area contributed by atoms with Crippen LogP contribution in [0.1, 0.15) is 24.0 Å². The van der Waals surface area contributed by atoms with Gasteiger partial charge in [0, 0.05) is 25.2 Å². The molecular formula is C20H23N3O3. The zero-order chi connectivity index (χ0) is 18.0. The Labute approximate surface area is 153 Å². The van der Waals surface area contributed by atoms with Crippen molar-refractivity contribution in [1.82, 2.24) is 14.9 Å². The first kappa shape index (κ1) is 17.0. The van der Waals surface area contributed by atoms with Gasteiger partial charge in [0.2, 0.25) is 11.8 Å². The number of amides is 1. The molecule has 6 nitrogen and oxygen atoms in total. The van der Waals surface area contributed by atoms with Crippen molar-refractivity contribution in [2.75, 3.05) is 19.7 Å². The fourth-order valence-corrected chi connectivity index (χ4v) is 3.73. The Bertz CT molecular complexity index is 775. The van der Waals surface area contributed by atoms with Crippen molar-refractivity contribution in [3.63, 3.8) is 0 Å². The quantitative estimate of drug-likeness (QED) is 0.843. The molecule has 0 unspecified atom stereocenters. The van der Waals surface area contributed by atoms with Crippen molar-refractivity contribution in [3.8, 4) is 5.88 Å². The fraction of sp³-hybridized carbons (Fsp3) is 0.450. The number of likely N-dealkylation sites (tertiary alicyclic amines) is 1. The van der Waals surface area contributed by atoms with Crippen LogP contribution in [-0.4, -0.2) is 52.2 Å². The van der Waals surface area contributed by atoms with Gasteiger partial charge < -0.3 is 14.4 Å². The molecule has 2 aliphatic rings. The standard InChI is InChI=1S/C20H23N3O3/c1-15-4-2-3-5-16(15)10-19(24)23-13-20(14-23)11-17(6-9-25-20)26-18-12-21-7-8-22-18/h2-5,7-8,12,17H,6,9-11,13-14H2,1H3/t17-/m0/s1. The van der Waals surface area contributed by atoms with Crippen LogP contribution >= 0.6 is 0 Å². The summed E-state index contributed by atoms with van der Waals surface area (Å²) in [6.07, 6.45) is 6.98. The van der Waals surface area contributed by atoms with Crippen LogP contribution < -0.4 is 4.74 Å². The maximum atomic E-state index is 12.6. The van der Waals surface area contributed by atoms with Gasteiger partial charge in [-0.05, 0) is 18.1 Å². The monoisotopic (exact) mass is 353 g/mol. The lowest BCUT2D eigenvalue weighted by atomic mass is 9.84. The smallest absolute Gasteiger partial charge is 0.232 e. The van der Waals surface area contributed by atoms with Crippen LogP contribution in [0.25, 0.3) is 0 Å². The average Bonchev–Trinajstić information content (AvgIpc) is 2.62. The number of carbonyl (C=O) groups excluding carboxylic acids is 1. The molecule has 4 rings (SSSR count). The first-order valence-electron chi connectivity index (χ1n) is 9.02. The number of benzene rings is 1. The van der Waals surface area contributed by atoms with E-state index in [4.69, 9.17) is 9.47 Å². The molecule has 0 saturated carbocycles. The Morgan fingerprint density at radius 3 is 2.96 bits per heavy atom. The first-order chi connectivity index (χ1) is 12.6. The Morgan fingerprint density at radius 1 is 1.35 bits per heavy atom. The van der Waals surface area contributed by atoms with Crippen LogP contribution in [-0.2, 0) is 16.0 Å². The van der Waals surface area contributed by atoms with E-state index >= 15 is 0 Å². The molecule has 1 aromatic heterocycles. The zero-order valence-corrected chi connectivity index (χ0v) is 14.9. The molecule has 1 amide bonds. The fourth-order valence-electron chi connectivity index (χ4n) is 3.73. The van der Waals surface area contributed by atoms with Crippen LogP contribution in [0.15, 0.2) is 42.9 Å². The van der Waals surface area contributed by atoms with E-state index in [1.165, 1.54) is 0 Å². The minimum atomic E-state index is -0.271. The third-order valence-corrected chi connectivity index (χ3v) is 5.19. The van der Waals surface area contributed by atoms with E-state index in [0.717, 1.165) is 24.0 Å². The van der Waals surface area contributed by atoms with Crippen molar-refractivity contribution in [2.45, 2.75) is 37.9 Å². The number of hydrogen-bond acceptors (Lipinski definition) is 5. The molecule has 26 heavy (non-hydrogen) atoms. The summed E-state index contributed by atoms with van der Waals surface area (Å²) in [5, 5.41) is 0. The van der Waals surface area contributed by atoms with E-state index in [0.29, 0.717) is 32.0 Å². The molecule has 1 spiro atoms. The molecule has 136 valence electrons. The van der Waals surface area contributed by atoms with Gasteiger partial charge in [-0.3, -0.25) is 9.78 Å². The molecule has 1 atom stereocenters. The first-order valence-corrected chi connectivity index (χ1v) is 9.02. The third kappa shape index (κ3) is 3.55. The van der Waals surface area contributed by atoms with Crippen LogP contribution in [0.2, 0.25) is 0 Å². The van der Waals surface area contributed by atoms with E-state index in [9.17, 15) is 4.79 Å². The maximum absolute atomic E-state index is 12.6. The topological polar surface area (TPSA) is 64.6 Å². The number of ether oxygens (including phenoxy) is 2. The number of aryl methyl sites for hydroxylation is 1. The van der Waals surface area contributed by atoms with Gasteiger partial charge in [0.15, 0.2) is 0 Å². The van der Waals surface area contributed by atoms with Crippen molar-refractivity contribution in [2.24, 2.45) is 0 Å². The normalized spacial score (nSPS) is 21.3. The van der Waals surface area contributed by atoms with Gasteiger partial charge in [-0.15, -0.1) is 0 Å². The van der Waals surface area contributed by atoms with Crippen molar-refractivity contribution >= 4 is 5.91 Å². The lowest BCUT2D eigenvalue weighted by Gasteiger charge is -2.52. The van der Waals surface area contributed by atoms with E-state index in [1.54, 1.807) is 18.6 Å². The van der Waals surface area contributed by atoms with E-state index < -0.39 is 0 Å². The molecule has 2 aromatic rings. The number of hydrogen-bond donors (Lipinski definition) is 0. The number of rotatable bonds is 4.